The van der Waals surface area contributed by atoms with E-state index < -0.39 is 0 Å². The van der Waals surface area contributed by atoms with Gasteiger partial charge in [-0.2, -0.15) is 0 Å². The predicted molar refractivity (Wildman–Crippen MR) is 76.1 cm³/mol. The van der Waals surface area contributed by atoms with E-state index in [0.29, 0.717) is 0 Å². The Labute approximate surface area is 117 Å². The van der Waals surface area contributed by atoms with Crippen LogP contribution in [0.1, 0.15) is 11.1 Å². The summed E-state index contributed by atoms with van der Waals surface area (Å²) in [6.45, 7) is 1.81. The van der Waals surface area contributed by atoms with Crippen molar-refractivity contribution in [3.05, 3.63) is 70.5 Å². The van der Waals surface area contributed by atoms with Gasteiger partial charge in [-0.1, -0.05) is 35.9 Å². The lowest BCUT2D eigenvalue weighted by atomic mass is 9.71. The Hall–Kier alpha value is -1.38. The lowest BCUT2D eigenvalue weighted by Gasteiger charge is -2.43. The predicted octanol–water partition coefficient (Wildman–Crippen LogP) is 3.56. The molecule has 1 N–H and O–H groups in total. The molecule has 1 fully saturated rings. The van der Waals surface area contributed by atoms with Gasteiger partial charge in [0.05, 0.1) is 0 Å². The molecule has 0 radical (unpaired) electrons. The number of halogens is 2. The molecule has 1 aliphatic heterocycles. The monoisotopic (exact) mass is 275 g/mol. The first kappa shape index (κ1) is 12.6. The van der Waals surface area contributed by atoms with Crippen molar-refractivity contribution in [3.8, 4) is 0 Å². The standard InChI is InChI=1S/C16H15ClFN/c17-14-5-2-4-13(8-14)16(10-19-11-16)9-12-3-1-6-15(18)7-12/h1-8,19H,9-11H2. The van der Waals surface area contributed by atoms with Crippen molar-refractivity contribution in [2.45, 2.75) is 11.8 Å². The fraction of sp³-hybridized carbons (Fsp3) is 0.250. The molecular formula is C16H15ClFN. The molecule has 98 valence electrons. The Balaban J connectivity index is 1.91. The maximum atomic E-state index is 13.3. The minimum absolute atomic E-state index is 0.0404. The van der Waals surface area contributed by atoms with Gasteiger partial charge in [0.25, 0.3) is 0 Å². The highest BCUT2D eigenvalue weighted by atomic mass is 35.5. The second-order valence-electron chi connectivity index (χ2n) is 5.20. The molecule has 1 nitrogen and oxygen atoms in total. The highest BCUT2D eigenvalue weighted by Crippen LogP contribution is 2.33. The zero-order valence-electron chi connectivity index (χ0n) is 10.5. The van der Waals surface area contributed by atoms with Crippen LogP contribution in [0.5, 0.6) is 0 Å². The summed E-state index contributed by atoms with van der Waals surface area (Å²) >= 11 is 6.08. The van der Waals surface area contributed by atoms with Gasteiger partial charge in [0.1, 0.15) is 5.82 Å². The lowest BCUT2D eigenvalue weighted by Crippen LogP contribution is -2.58. The van der Waals surface area contributed by atoms with Gasteiger partial charge in [0.2, 0.25) is 0 Å². The van der Waals surface area contributed by atoms with E-state index in [9.17, 15) is 4.39 Å². The van der Waals surface area contributed by atoms with Gasteiger partial charge in [-0.15, -0.1) is 0 Å². The third-order valence-electron chi connectivity index (χ3n) is 3.80. The molecule has 0 amide bonds. The molecule has 0 unspecified atom stereocenters. The molecule has 2 aromatic carbocycles. The van der Waals surface area contributed by atoms with Crippen molar-refractivity contribution in [1.29, 1.82) is 0 Å². The summed E-state index contributed by atoms with van der Waals surface area (Å²) in [5.41, 5.74) is 2.29. The van der Waals surface area contributed by atoms with Crippen LogP contribution in [0.3, 0.4) is 0 Å². The Morgan fingerprint density at radius 2 is 1.89 bits per heavy atom. The van der Waals surface area contributed by atoms with E-state index in [2.05, 4.69) is 11.4 Å². The van der Waals surface area contributed by atoms with Gasteiger partial charge in [0.15, 0.2) is 0 Å². The molecule has 1 aliphatic rings. The van der Waals surface area contributed by atoms with Crippen LogP contribution in [0.2, 0.25) is 5.02 Å². The zero-order chi connectivity index (χ0) is 13.3. The first-order valence-corrected chi connectivity index (χ1v) is 6.77. The van der Waals surface area contributed by atoms with E-state index in [0.717, 1.165) is 30.1 Å². The summed E-state index contributed by atoms with van der Waals surface area (Å²) < 4.78 is 13.3. The van der Waals surface area contributed by atoms with Crippen molar-refractivity contribution in [3.63, 3.8) is 0 Å². The molecule has 1 saturated heterocycles. The second kappa shape index (κ2) is 4.95. The number of nitrogens with one attached hydrogen (secondary N) is 1. The van der Waals surface area contributed by atoms with Crippen LogP contribution in [0.4, 0.5) is 4.39 Å². The summed E-state index contributed by atoms with van der Waals surface area (Å²) in [6.07, 6.45) is 0.831. The maximum absolute atomic E-state index is 13.3. The first-order chi connectivity index (χ1) is 9.18. The third kappa shape index (κ3) is 2.51. The molecule has 0 aromatic heterocycles. The Morgan fingerprint density at radius 3 is 2.53 bits per heavy atom. The Kier molecular flexibility index (Phi) is 3.29. The van der Waals surface area contributed by atoms with Crippen molar-refractivity contribution in [1.82, 2.24) is 5.32 Å². The highest BCUT2D eigenvalue weighted by molar-refractivity contribution is 6.30. The fourth-order valence-electron chi connectivity index (χ4n) is 2.71. The Bertz CT molecular complexity index is 593. The molecular weight excluding hydrogens is 261 g/mol. The van der Waals surface area contributed by atoms with Gasteiger partial charge in [-0.25, -0.2) is 4.39 Å². The smallest absolute Gasteiger partial charge is 0.123 e. The van der Waals surface area contributed by atoms with Crippen LogP contribution >= 0.6 is 11.6 Å². The van der Waals surface area contributed by atoms with Crippen molar-refractivity contribution in [2.75, 3.05) is 13.1 Å². The fourth-order valence-corrected chi connectivity index (χ4v) is 2.90. The average Bonchev–Trinajstić information content (AvgIpc) is 2.34. The first-order valence-electron chi connectivity index (χ1n) is 6.39. The van der Waals surface area contributed by atoms with E-state index in [1.165, 1.54) is 11.6 Å². The minimum atomic E-state index is -0.175. The van der Waals surface area contributed by atoms with Crippen LogP contribution in [0.25, 0.3) is 0 Å². The molecule has 0 aliphatic carbocycles. The summed E-state index contributed by atoms with van der Waals surface area (Å²) in [6, 6.07) is 14.8. The maximum Gasteiger partial charge on any atom is 0.123 e. The van der Waals surface area contributed by atoms with E-state index in [1.807, 2.05) is 24.3 Å². The molecule has 0 bridgehead atoms. The van der Waals surface area contributed by atoms with E-state index >= 15 is 0 Å². The lowest BCUT2D eigenvalue weighted by molar-refractivity contribution is 0.274. The number of hydrogen-bond acceptors (Lipinski definition) is 1. The van der Waals surface area contributed by atoms with E-state index in [1.54, 1.807) is 12.1 Å². The van der Waals surface area contributed by atoms with Gasteiger partial charge in [-0.3, -0.25) is 0 Å². The summed E-state index contributed by atoms with van der Waals surface area (Å²) in [5.74, 6) is -0.175. The van der Waals surface area contributed by atoms with E-state index in [4.69, 9.17) is 11.6 Å². The molecule has 3 heteroatoms. The number of rotatable bonds is 3. The van der Waals surface area contributed by atoms with E-state index in [-0.39, 0.29) is 11.2 Å². The average molecular weight is 276 g/mol. The second-order valence-corrected chi connectivity index (χ2v) is 5.64. The summed E-state index contributed by atoms with van der Waals surface area (Å²) in [7, 11) is 0. The van der Waals surface area contributed by atoms with Crippen molar-refractivity contribution < 1.29 is 4.39 Å². The summed E-state index contributed by atoms with van der Waals surface area (Å²) in [5, 5.41) is 4.07. The third-order valence-corrected chi connectivity index (χ3v) is 4.03. The van der Waals surface area contributed by atoms with Crippen molar-refractivity contribution in [2.24, 2.45) is 0 Å². The zero-order valence-corrected chi connectivity index (χ0v) is 11.3. The Morgan fingerprint density at radius 1 is 1.11 bits per heavy atom. The molecule has 0 spiro atoms. The molecule has 1 heterocycles. The van der Waals surface area contributed by atoms with Crippen LogP contribution in [0, 0.1) is 5.82 Å². The van der Waals surface area contributed by atoms with Crippen LogP contribution in [0.15, 0.2) is 48.5 Å². The quantitative estimate of drug-likeness (QED) is 0.903. The van der Waals surface area contributed by atoms with Crippen LogP contribution < -0.4 is 5.32 Å². The number of benzene rings is 2. The largest absolute Gasteiger partial charge is 0.315 e. The topological polar surface area (TPSA) is 12.0 Å². The normalized spacial score (nSPS) is 16.9. The minimum Gasteiger partial charge on any atom is -0.315 e. The van der Waals surface area contributed by atoms with Gasteiger partial charge < -0.3 is 5.32 Å². The molecule has 0 atom stereocenters. The highest BCUT2D eigenvalue weighted by Gasteiger charge is 2.38. The summed E-state index contributed by atoms with van der Waals surface area (Å²) in [4.78, 5) is 0. The van der Waals surface area contributed by atoms with Crippen molar-refractivity contribution >= 4 is 11.6 Å². The van der Waals surface area contributed by atoms with Gasteiger partial charge >= 0.3 is 0 Å². The molecule has 3 rings (SSSR count). The molecule has 0 saturated carbocycles. The van der Waals surface area contributed by atoms with Crippen LogP contribution in [-0.4, -0.2) is 13.1 Å². The van der Waals surface area contributed by atoms with Gasteiger partial charge in [0, 0.05) is 23.5 Å². The molecule has 2 aromatic rings. The van der Waals surface area contributed by atoms with Crippen LogP contribution in [-0.2, 0) is 11.8 Å². The molecule has 19 heavy (non-hydrogen) atoms. The number of hydrogen-bond donors (Lipinski definition) is 1. The van der Waals surface area contributed by atoms with Gasteiger partial charge in [-0.05, 0) is 41.8 Å². The SMILES string of the molecule is Fc1cccc(CC2(c3cccc(Cl)c3)CNC2)c1.